The van der Waals surface area contributed by atoms with Gasteiger partial charge in [0, 0.05) is 15.7 Å². The molecule has 1 heterocycles. The van der Waals surface area contributed by atoms with Gasteiger partial charge in [-0.15, -0.1) is 0 Å². The van der Waals surface area contributed by atoms with E-state index < -0.39 is 0 Å². The van der Waals surface area contributed by atoms with Gasteiger partial charge in [-0.25, -0.2) is 0 Å². The van der Waals surface area contributed by atoms with Crippen LogP contribution in [0.3, 0.4) is 0 Å². The summed E-state index contributed by atoms with van der Waals surface area (Å²) in [5, 5.41) is 5.64. The Morgan fingerprint density at radius 3 is 2.59 bits per heavy atom. The normalized spacial score (nSPS) is 10.2. The maximum absolute atomic E-state index is 11.7. The summed E-state index contributed by atoms with van der Waals surface area (Å²) in [6, 6.07) is 4.93. The van der Waals surface area contributed by atoms with Gasteiger partial charge in [0.05, 0.1) is 5.38 Å². The van der Waals surface area contributed by atoms with E-state index in [9.17, 15) is 4.79 Å². The van der Waals surface area contributed by atoms with Crippen LogP contribution in [0.15, 0.2) is 35.3 Å². The molecule has 0 saturated heterocycles. The van der Waals surface area contributed by atoms with Crippen LogP contribution < -0.4 is 9.88 Å². The summed E-state index contributed by atoms with van der Waals surface area (Å²) in [7, 11) is 0. The van der Waals surface area contributed by atoms with E-state index in [2.05, 4.69) is 5.32 Å². The Balaban J connectivity index is 2.03. The first-order chi connectivity index (χ1) is 8.13. The summed E-state index contributed by atoms with van der Waals surface area (Å²) in [5.41, 5.74) is 2.47. The quantitative estimate of drug-likeness (QED) is 0.865. The highest BCUT2D eigenvalue weighted by Gasteiger charge is 2.10. The average Bonchev–Trinajstić information content (AvgIpc) is 2.67. The molecule has 0 fully saturated rings. The molecule has 0 unspecified atom stereocenters. The van der Waals surface area contributed by atoms with Crippen molar-refractivity contribution in [3.05, 3.63) is 45.3 Å². The summed E-state index contributed by atoms with van der Waals surface area (Å²) in [6.07, 6.45) is 1.84. The van der Waals surface area contributed by atoms with Crippen molar-refractivity contribution in [3.8, 4) is 0 Å². The fraction of sp³-hybridized carbons (Fsp3) is 0.0909. The minimum atomic E-state index is -0.119. The Kier molecular flexibility index (Phi) is 3.99. The van der Waals surface area contributed by atoms with Crippen LogP contribution in [0.5, 0.6) is 0 Å². The number of anilines is 1. The highest BCUT2D eigenvalue weighted by molar-refractivity contribution is 7.07. The highest BCUT2D eigenvalue weighted by Crippen LogP contribution is 2.22. The van der Waals surface area contributed by atoms with Crippen LogP contribution >= 0.6 is 34.5 Å². The lowest BCUT2D eigenvalue weighted by Crippen LogP contribution is -2.37. The van der Waals surface area contributed by atoms with Crippen molar-refractivity contribution in [1.29, 1.82) is 0 Å². The molecular weight excluding hydrogens is 279 g/mol. The van der Waals surface area contributed by atoms with Crippen LogP contribution in [-0.4, -0.2) is 5.91 Å². The summed E-state index contributed by atoms with van der Waals surface area (Å²) < 4.78 is 1.80. The molecule has 0 bridgehead atoms. The minimum absolute atomic E-state index is 0.119. The molecule has 0 aliphatic carbocycles. The number of carbonyl (C=O) groups excluding carboxylic acids is 1. The minimum Gasteiger partial charge on any atom is -0.320 e. The smallest absolute Gasteiger partial charge is 0.290 e. The van der Waals surface area contributed by atoms with E-state index in [1.807, 2.05) is 17.1 Å². The number of aromatic nitrogens is 1. The fourth-order valence-electron chi connectivity index (χ4n) is 1.34. The molecule has 0 aliphatic heterocycles. The van der Waals surface area contributed by atoms with Gasteiger partial charge in [0.1, 0.15) is 0 Å². The van der Waals surface area contributed by atoms with Crippen molar-refractivity contribution in [1.82, 2.24) is 0 Å². The zero-order valence-electron chi connectivity index (χ0n) is 8.69. The fourth-order valence-corrected chi connectivity index (χ4v) is 2.47. The molecule has 0 radical (unpaired) electrons. The molecule has 6 heteroatoms. The van der Waals surface area contributed by atoms with Crippen molar-refractivity contribution in [2.75, 3.05) is 5.32 Å². The predicted molar refractivity (Wildman–Crippen MR) is 69.6 cm³/mol. The summed E-state index contributed by atoms with van der Waals surface area (Å²) >= 11 is 13.2. The standard InChI is InChI=1S/C11H8Cl2N2OS/c12-8-3-9(13)5-10(4-8)14-11(16)6-15-1-2-17-7-15/h1-5,7H,6H2/p+1. The zero-order chi connectivity index (χ0) is 12.3. The summed E-state index contributed by atoms with van der Waals surface area (Å²) in [4.78, 5) is 11.7. The number of thiazole rings is 1. The van der Waals surface area contributed by atoms with E-state index in [-0.39, 0.29) is 12.5 Å². The van der Waals surface area contributed by atoms with E-state index in [1.165, 1.54) is 11.3 Å². The van der Waals surface area contributed by atoms with Crippen molar-refractivity contribution < 1.29 is 9.36 Å². The second-order valence-corrected chi connectivity index (χ2v) is 5.03. The molecule has 1 N–H and O–H groups in total. The van der Waals surface area contributed by atoms with Gasteiger partial charge in [0.25, 0.3) is 5.91 Å². The van der Waals surface area contributed by atoms with Crippen LogP contribution in [0.4, 0.5) is 5.69 Å². The van der Waals surface area contributed by atoms with E-state index in [1.54, 1.807) is 22.8 Å². The van der Waals surface area contributed by atoms with Gasteiger partial charge in [-0.1, -0.05) is 34.5 Å². The number of hydrogen-bond acceptors (Lipinski definition) is 2. The zero-order valence-corrected chi connectivity index (χ0v) is 11.0. The Morgan fingerprint density at radius 2 is 2.00 bits per heavy atom. The van der Waals surface area contributed by atoms with Crippen molar-refractivity contribution in [3.63, 3.8) is 0 Å². The van der Waals surface area contributed by atoms with Gasteiger partial charge in [0.15, 0.2) is 6.20 Å². The number of nitrogens with zero attached hydrogens (tertiary/aromatic N) is 1. The molecule has 0 aliphatic rings. The van der Waals surface area contributed by atoms with Crippen molar-refractivity contribution >= 4 is 46.1 Å². The van der Waals surface area contributed by atoms with Crippen LogP contribution in [0.1, 0.15) is 0 Å². The second-order valence-electron chi connectivity index (χ2n) is 3.41. The maximum atomic E-state index is 11.7. The van der Waals surface area contributed by atoms with Gasteiger partial charge < -0.3 is 5.32 Å². The molecule has 0 saturated carbocycles. The van der Waals surface area contributed by atoms with Gasteiger partial charge in [0.2, 0.25) is 12.1 Å². The van der Waals surface area contributed by atoms with Crippen LogP contribution in [-0.2, 0) is 11.3 Å². The Morgan fingerprint density at radius 1 is 1.29 bits per heavy atom. The van der Waals surface area contributed by atoms with E-state index >= 15 is 0 Å². The van der Waals surface area contributed by atoms with Crippen LogP contribution in [0.25, 0.3) is 0 Å². The number of rotatable bonds is 3. The highest BCUT2D eigenvalue weighted by atomic mass is 35.5. The number of halogens is 2. The molecule has 2 rings (SSSR count). The van der Waals surface area contributed by atoms with Gasteiger partial charge >= 0.3 is 0 Å². The first-order valence-electron chi connectivity index (χ1n) is 4.81. The monoisotopic (exact) mass is 287 g/mol. The molecule has 17 heavy (non-hydrogen) atoms. The van der Waals surface area contributed by atoms with Crippen LogP contribution in [0, 0.1) is 0 Å². The molecule has 0 spiro atoms. The predicted octanol–water partition coefficient (Wildman–Crippen LogP) is 2.98. The second kappa shape index (κ2) is 5.49. The largest absolute Gasteiger partial charge is 0.320 e. The molecule has 1 amide bonds. The lowest BCUT2D eigenvalue weighted by Gasteiger charge is -2.03. The molecule has 2 aromatic rings. The van der Waals surface area contributed by atoms with E-state index in [4.69, 9.17) is 23.2 Å². The first kappa shape index (κ1) is 12.4. The number of amides is 1. The third-order valence-electron chi connectivity index (χ3n) is 2.00. The van der Waals surface area contributed by atoms with Gasteiger partial charge in [-0.3, -0.25) is 4.79 Å². The number of carbonyl (C=O) groups is 1. The number of hydrogen-bond donors (Lipinski definition) is 1. The average molecular weight is 288 g/mol. The Hall–Kier alpha value is -1.10. The topological polar surface area (TPSA) is 33.0 Å². The van der Waals surface area contributed by atoms with Crippen LogP contribution in [0.2, 0.25) is 10.0 Å². The molecule has 1 aromatic carbocycles. The first-order valence-corrected chi connectivity index (χ1v) is 6.50. The Bertz CT molecular complexity index is 508. The molecular formula is C11H9Cl2N2OS+. The molecule has 0 atom stereocenters. The number of nitrogens with one attached hydrogen (secondary N) is 1. The van der Waals surface area contributed by atoms with E-state index in [0.717, 1.165) is 0 Å². The third kappa shape index (κ3) is 3.70. The van der Waals surface area contributed by atoms with Gasteiger partial charge in [-0.2, -0.15) is 4.57 Å². The summed E-state index contributed by atoms with van der Waals surface area (Å²) in [6.45, 7) is 0.271. The molecule has 88 valence electrons. The third-order valence-corrected chi connectivity index (χ3v) is 3.11. The molecule has 3 nitrogen and oxygen atoms in total. The lowest BCUT2D eigenvalue weighted by atomic mass is 10.3. The van der Waals surface area contributed by atoms with Crippen molar-refractivity contribution in [2.24, 2.45) is 0 Å². The van der Waals surface area contributed by atoms with E-state index in [0.29, 0.717) is 15.7 Å². The SMILES string of the molecule is O=C(C[n+]1ccsc1)Nc1cc(Cl)cc(Cl)c1. The Labute approximate surface area is 113 Å². The van der Waals surface area contributed by atoms with Gasteiger partial charge in [-0.05, 0) is 18.2 Å². The lowest BCUT2D eigenvalue weighted by molar-refractivity contribution is -0.679. The van der Waals surface area contributed by atoms with Crippen molar-refractivity contribution in [2.45, 2.75) is 6.54 Å². The number of benzene rings is 1. The molecule has 1 aromatic heterocycles. The maximum Gasteiger partial charge on any atom is 0.290 e. The summed E-state index contributed by atoms with van der Waals surface area (Å²) in [5.74, 6) is -0.119.